The van der Waals surface area contributed by atoms with E-state index in [1.807, 2.05) is 18.2 Å². The Morgan fingerprint density at radius 2 is 1.34 bits per heavy atom. The first-order chi connectivity index (χ1) is 16.9. The average molecular weight is 479 g/mol. The van der Waals surface area contributed by atoms with Crippen molar-refractivity contribution in [3.63, 3.8) is 0 Å². The van der Waals surface area contributed by atoms with Crippen LogP contribution in [0.5, 0.6) is 0 Å². The van der Waals surface area contributed by atoms with Gasteiger partial charge in [0.2, 0.25) is 11.8 Å². The number of hydrogen-bond acceptors (Lipinski definition) is 6. The molecule has 8 nitrogen and oxygen atoms in total. The number of hydrogen-bond donors (Lipinski definition) is 0. The first kappa shape index (κ1) is 25.8. The summed E-state index contributed by atoms with van der Waals surface area (Å²) in [5.41, 5.74) is 1.04. The van der Waals surface area contributed by atoms with Gasteiger partial charge >= 0.3 is 5.97 Å². The third-order valence-electron chi connectivity index (χ3n) is 5.86. The van der Waals surface area contributed by atoms with Crippen molar-refractivity contribution in [3.05, 3.63) is 71.8 Å². The van der Waals surface area contributed by atoms with Gasteiger partial charge in [-0.05, 0) is 56.9 Å². The fourth-order valence-corrected chi connectivity index (χ4v) is 4.03. The number of benzene rings is 2. The van der Waals surface area contributed by atoms with Crippen LogP contribution in [0.25, 0.3) is 0 Å². The van der Waals surface area contributed by atoms with E-state index in [2.05, 4.69) is 0 Å². The predicted molar refractivity (Wildman–Crippen MR) is 128 cm³/mol. The third-order valence-corrected chi connectivity index (χ3v) is 5.86. The number of ether oxygens (including phenoxy) is 1. The van der Waals surface area contributed by atoms with Gasteiger partial charge in [0.1, 0.15) is 5.92 Å². The molecule has 0 radical (unpaired) electrons. The van der Waals surface area contributed by atoms with Crippen LogP contribution in [-0.2, 0) is 19.1 Å². The maximum atomic E-state index is 12.3. The fraction of sp³-hybridized carbons (Fsp3) is 0.370. The summed E-state index contributed by atoms with van der Waals surface area (Å²) in [6, 6.07) is 17.5. The number of imide groups is 2. The molecule has 0 aliphatic carbocycles. The summed E-state index contributed by atoms with van der Waals surface area (Å²) in [5, 5.41) is 0. The molecule has 8 heteroatoms. The number of nitrogens with zero attached hydrogens (tertiary/aromatic N) is 2. The maximum absolute atomic E-state index is 12.3. The van der Waals surface area contributed by atoms with Crippen molar-refractivity contribution >= 4 is 29.6 Å². The Labute approximate surface area is 204 Å². The van der Waals surface area contributed by atoms with E-state index in [1.54, 1.807) is 49.4 Å². The van der Waals surface area contributed by atoms with Gasteiger partial charge in [0.25, 0.3) is 11.8 Å². The molecule has 0 aromatic heterocycles. The van der Waals surface area contributed by atoms with Crippen LogP contribution in [0.3, 0.4) is 0 Å². The van der Waals surface area contributed by atoms with Crippen LogP contribution < -0.4 is 0 Å². The Kier molecular flexibility index (Phi) is 9.29. The van der Waals surface area contributed by atoms with E-state index in [4.69, 9.17) is 4.74 Å². The van der Waals surface area contributed by atoms with Crippen molar-refractivity contribution in [3.8, 4) is 0 Å². The summed E-state index contributed by atoms with van der Waals surface area (Å²) in [6.45, 7) is 2.84. The molecule has 2 aliphatic heterocycles. The van der Waals surface area contributed by atoms with Crippen LogP contribution in [0.2, 0.25) is 0 Å². The first-order valence-corrected chi connectivity index (χ1v) is 11.9. The maximum Gasteiger partial charge on any atom is 0.318 e. The molecule has 1 atom stereocenters. The molecule has 0 bridgehead atoms. The second-order valence-corrected chi connectivity index (χ2v) is 8.28. The van der Waals surface area contributed by atoms with Gasteiger partial charge < -0.3 is 4.74 Å². The molecule has 2 aromatic carbocycles. The number of carbonyl (C=O) groups excluding carboxylic acids is 5. The van der Waals surface area contributed by atoms with E-state index in [-0.39, 0.29) is 24.3 Å². The van der Waals surface area contributed by atoms with Crippen LogP contribution in [0.1, 0.15) is 59.7 Å². The van der Waals surface area contributed by atoms with Crippen LogP contribution in [-0.4, -0.2) is 59.1 Å². The molecule has 2 aliphatic rings. The highest BCUT2D eigenvalue weighted by Gasteiger charge is 2.38. The van der Waals surface area contributed by atoms with Crippen LogP contribution >= 0.6 is 0 Å². The van der Waals surface area contributed by atoms with Crippen molar-refractivity contribution < 1.29 is 28.7 Å². The molecule has 4 amide bonds. The molecule has 2 saturated heterocycles. The Balaban J connectivity index is 0.000000203. The minimum Gasteiger partial charge on any atom is -0.465 e. The molecule has 184 valence electrons. The molecule has 2 fully saturated rings. The zero-order valence-corrected chi connectivity index (χ0v) is 19.9. The van der Waals surface area contributed by atoms with Gasteiger partial charge in [-0.15, -0.1) is 0 Å². The van der Waals surface area contributed by atoms with Gasteiger partial charge in [-0.1, -0.05) is 36.4 Å². The van der Waals surface area contributed by atoms with E-state index in [0.717, 1.165) is 17.7 Å². The number of rotatable bonds is 4. The first-order valence-electron chi connectivity index (χ1n) is 11.9. The summed E-state index contributed by atoms with van der Waals surface area (Å²) in [4.78, 5) is 62.2. The van der Waals surface area contributed by atoms with E-state index in [0.29, 0.717) is 43.5 Å². The molecule has 0 N–H and O–H groups in total. The Hall–Kier alpha value is -3.81. The Bertz CT molecular complexity index is 1050. The lowest BCUT2D eigenvalue weighted by Crippen LogP contribution is -2.47. The van der Waals surface area contributed by atoms with Crippen molar-refractivity contribution in [2.24, 2.45) is 5.92 Å². The summed E-state index contributed by atoms with van der Waals surface area (Å²) in [7, 11) is 0. The molecular formula is C27H30N2O6. The summed E-state index contributed by atoms with van der Waals surface area (Å²) < 4.78 is 4.89. The molecule has 2 heterocycles. The molecule has 2 aromatic rings. The topological polar surface area (TPSA) is 101 Å². The van der Waals surface area contributed by atoms with Crippen LogP contribution in [0.15, 0.2) is 60.7 Å². The minimum atomic E-state index is -0.851. The van der Waals surface area contributed by atoms with Gasteiger partial charge in [-0.3, -0.25) is 33.8 Å². The van der Waals surface area contributed by atoms with E-state index < -0.39 is 17.8 Å². The molecule has 0 saturated carbocycles. The van der Waals surface area contributed by atoms with Gasteiger partial charge in [-0.2, -0.15) is 0 Å². The second-order valence-electron chi connectivity index (χ2n) is 8.28. The molecule has 0 spiro atoms. The third kappa shape index (κ3) is 6.62. The molecular weight excluding hydrogens is 448 g/mol. The van der Waals surface area contributed by atoms with Gasteiger partial charge in [-0.25, -0.2) is 0 Å². The highest BCUT2D eigenvalue weighted by Crippen LogP contribution is 2.21. The van der Waals surface area contributed by atoms with Gasteiger partial charge in [0, 0.05) is 30.6 Å². The predicted octanol–water partition coefficient (Wildman–Crippen LogP) is 3.47. The van der Waals surface area contributed by atoms with Crippen molar-refractivity contribution in [1.29, 1.82) is 0 Å². The van der Waals surface area contributed by atoms with E-state index >= 15 is 0 Å². The normalized spacial score (nSPS) is 17.8. The number of likely N-dealkylation sites (tertiary alicyclic amines) is 2. The summed E-state index contributed by atoms with van der Waals surface area (Å²) in [5.74, 6) is -2.41. The smallest absolute Gasteiger partial charge is 0.318 e. The molecule has 1 unspecified atom stereocenters. The zero-order chi connectivity index (χ0) is 25.2. The van der Waals surface area contributed by atoms with E-state index in [1.165, 1.54) is 4.90 Å². The van der Waals surface area contributed by atoms with Crippen molar-refractivity contribution in [1.82, 2.24) is 9.80 Å². The quantitative estimate of drug-likeness (QED) is 0.379. The lowest BCUT2D eigenvalue weighted by atomic mass is 9.96. The SMILES string of the molecule is CCOC(=O)C1CCCN(C(=O)c2ccccc2)C1=O.O=C1CCCCN1C(=O)c1ccccc1. The highest BCUT2D eigenvalue weighted by molar-refractivity contribution is 6.10. The van der Waals surface area contributed by atoms with Crippen molar-refractivity contribution in [2.45, 2.75) is 39.0 Å². The standard InChI is InChI=1S/C15H17NO4.C12H13NO2/c1-2-20-15(19)12-9-6-10-16(14(12)18)13(17)11-7-4-3-5-8-11;14-11-8-4-5-9-13(11)12(15)10-6-2-1-3-7-10/h3-5,7-8,12H,2,6,9-10H2,1H3;1-3,6-7H,4-5,8-9H2. The minimum absolute atomic E-state index is 0.0462. The van der Waals surface area contributed by atoms with Gasteiger partial charge in [0.05, 0.1) is 6.61 Å². The lowest BCUT2D eigenvalue weighted by Gasteiger charge is -2.29. The Morgan fingerprint density at radius 1 is 0.800 bits per heavy atom. The lowest BCUT2D eigenvalue weighted by molar-refractivity contribution is -0.156. The summed E-state index contributed by atoms with van der Waals surface area (Å²) in [6.07, 6.45) is 3.38. The number of amides is 4. The largest absolute Gasteiger partial charge is 0.465 e. The molecule has 35 heavy (non-hydrogen) atoms. The Morgan fingerprint density at radius 3 is 1.89 bits per heavy atom. The highest BCUT2D eigenvalue weighted by atomic mass is 16.5. The van der Waals surface area contributed by atoms with Crippen LogP contribution in [0, 0.1) is 5.92 Å². The number of piperidine rings is 2. The van der Waals surface area contributed by atoms with Crippen LogP contribution in [0.4, 0.5) is 0 Å². The number of esters is 1. The van der Waals surface area contributed by atoms with E-state index in [9.17, 15) is 24.0 Å². The van der Waals surface area contributed by atoms with Crippen molar-refractivity contribution in [2.75, 3.05) is 19.7 Å². The monoisotopic (exact) mass is 478 g/mol. The summed E-state index contributed by atoms with van der Waals surface area (Å²) >= 11 is 0. The number of carbonyl (C=O) groups is 5. The second kappa shape index (κ2) is 12.6. The van der Waals surface area contributed by atoms with Gasteiger partial charge in [0.15, 0.2) is 0 Å². The molecule has 4 rings (SSSR count). The average Bonchev–Trinajstić information content (AvgIpc) is 2.90. The zero-order valence-electron chi connectivity index (χ0n) is 19.9. The fourth-order valence-electron chi connectivity index (χ4n) is 4.03.